The summed E-state index contributed by atoms with van der Waals surface area (Å²) in [4.78, 5) is 8.42. The summed E-state index contributed by atoms with van der Waals surface area (Å²) >= 11 is 0. The van der Waals surface area contributed by atoms with Crippen LogP contribution >= 0.6 is 0 Å². The van der Waals surface area contributed by atoms with Gasteiger partial charge in [-0.2, -0.15) is 0 Å². The molecule has 0 saturated heterocycles. The number of hydrogen-bond acceptors (Lipinski definition) is 3. The Kier molecular flexibility index (Phi) is 4.04. The van der Waals surface area contributed by atoms with Gasteiger partial charge < -0.3 is 9.88 Å². The van der Waals surface area contributed by atoms with Crippen LogP contribution in [0.4, 0.5) is 4.39 Å². The van der Waals surface area contributed by atoms with Crippen LogP contribution < -0.4 is 5.32 Å². The summed E-state index contributed by atoms with van der Waals surface area (Å²) in [5.41, 5.74) is 0.389. The molecule has 5 heteroatoms. The van der Waals surface area contributed by atoms with Gasteiger partial charge in [-0.1, -0.05) is 6.92 Å². The normalized spacial score (nSPS) is 12.6. The largest absolute Gasteiger partial charge is 0.336 e. The second-order valence-corrected chi connectivity index (χ2v) is 4.15. The van der Waals surface area contributed by atoms with Gasteiger partial charge in [0.1, 0.15) is 23.4 Å². The lowest BCUT2D eigenvalue weighted by molar-refractivity contribution is 0.506. The Labute approximate surface area is 106 Å². The molecule has 96 valence electrons. The number of imidazole rings is 1. The van der Waals surface area contributed by atoms with E-state index in [2.05, 4.69) is 22.2 Å². The van der Waals surface area contributed by atoms with Gasteiger partial charge in [0.2, 0.25) is 0 Å². The quantitative estimate of drug-likeness (QED) is 0.880. The molecule has 0 aliphatic carbocycles. The molecule has 18 heavy (non-hydrogen) atoms. The summed E-state index contributed by atoms with van der Waals surface area (Å²) in [6.45, 7) is 2.85. The molecular weight excluding hydrogens is 231 g/mol. The van der Waals surface area contributed by atoms with E-state index >= 15 is 0 Å². The molecule has 0 aliphatic rings. The molecule has 0 bridgehead atoms. The molecule has 2 aromatic heterocycles. The fraction of sp³-hybridized carbons (Fsp3) is 0.385. The summed E-state index contributed by atoms with van der Waals surface area (Å²) < 4.78 is 15.7. The second kappa shape index (κ2) is 5.73. The van der Waals surface area contributed by atoms with Gasteiger partial charge in [-0.05, 0) is 25.1 Å². The van der Waals surface area contributed by atoms with Crippen molar-refractivity contribution in [2.24, 2.45) is 7.05 Å². The van der Waals surface area contributed by atoms with Crippen LogP contribution in [0.15, 0.2) is 30.7 Å². The van der Waals surface area contributed by atoms with E-state index < -0.39 is 0 Å². The molecule has 2 heterocycles. The highest BCUT2D eigenvalue weighted by molar-refractivity contribution is 5.19. The smallest absolute Gasteiger partial charge is 0.146 e. The minimum absolute atomic E-state index is 0.311. The van der Waals surface area contributed by atoms with Crippen molar-refractivity contribution in [2.75, 3.05) is 6.54 Å². The van der Waals surface area contributed by atoms with Gasteiger partial charge >= 0.3 is 0 Å². The van der Waals surface area contributed by atoms with Gasteiger partial charge in [0, 0.05) is 25.6 Å². The molecule has 0 aromatic carbocycles. The minimum atomic E-state index is -0.314. The van der Waals surface area contributed by atoms with Crippen molar-refractivity contribution in [3.8, 4) is 0 Å². The first-order valence-corrected chi connectivity index (χ1v) is 6.05. The van der Waals surface area contributed by atoms with E-state index in [9.17, 15) is 4.39 Å². The molecule has 0 amide bonds. The zero-order valence-electron chi connectivity index (χ0n) is 10.6. The van der Waals surface area contributed by atoms with Crippen LogP contribution in [0.2, 0.25) is 0 Å². The van der Waals surface area contributed by atoms with Gasteiger partial charge in [0.15, 0.2) is 0 Å². The van der Waals surface area contributed by atoms with Crippen LogP contribution in [0, 0.1) is 5.82 Å². The summed E-state index contributed by atoms with van der Waals surface area (Å²) in [6, 6.07) is 2.70. The monoisotopic (exact) mass is 248 g/mol. The first-order valence-electron chi connectivity index (χ1n) is 6.05. The van der Waals surface area contributed by atoms with Crippen molar-refractivity contribution in [2.45, 2.75) is 19.4 Å². The number of rotatable bonds is 5. The van der Waals surface area contributed by atoms with Crippen LogP contribution in [0.1, 0.15) is 30.9 Å². The maximum atomic E-state index is 13.9. The molecule has 0 fully saturated rings. The average molecular weight is 248 g/mol. The van der Waals surface area contributed by atoms with Gasteiger partial charge in [0.25, 0.3) is 0 Å². The summed E-state index contributed by atoms with van der Waals surface area (Å²) in [7, 11) is 1.89. The summed E-state index contributed by atoms with van der Waals surface area (Å²) in [5.74, 6) is 0.454. The number of hydrogen-bond donors (Lipinski definition) is 1. The second-order valence-electron chi connectivity index (χ2n) is 4.15. The highest BCUT2D eigenvalue weighted by atomic mass is 19.1. The Morgan fingerprint density at radius 3 is 2.83 bits per heavy atom. The summed E-state index contributed by atoms with van der Waals surface area (Å²) in [5, 5.41) is 3.28. The van der Waals surface area contributed by atoms with E-state index in [-0.39, 0.29) is 11.9 Å². The Bertz CT molecular complexity index is 509. The van der Waals surface area contributed by atoms with E-state index in [4.69, 9.17) is 0 Å². The van der Waals surface area contributed by atoms with Gasteiger partial charge in [-0.3, -0.25) is 4.98 Å². The van der Waals surface area contributed by atoms with E-state index in [1.807, 2.05) is 17.8 Å². The molecule has 0 saturated carbocycles. The minimum Gasteiger partial charge on any atom is -0.336 e. The zero-order chi connectivity index (χ0) is 13.0. The third-order valence-corrected chi connectivity index (χ3v) is 2.78. The Balaban J connectivity index is 2.37. The first-order chi connectivity index (χ1) is 8.74. The topological polar surface area (TPSA) is 42.7 Å². The van der Waals surface area contributed by atoms with Crippen LogP contribution in [0.25, 0.3) is 0 Å². The molecule has 0 radical (unpaired) electrons. The maximum Gasteiger partial charge on any atom is 0.146 e. The molecule has 0 spiro atoms. The highest BCUT2D eigenvalue weighted by Crippen LogP contribution is 2.20. The molecule has 1 atom stereocenters. The predicted octanol–water partition coefficient (Wildman–Crippen LogP) is 2.04. The van der Waals surface area contributed by atoms with Crippen LogP contribution in [-0.4, -0.2) is 21.1 Å². The van der Waals surface area contributed by atoms with Crippen molar-refractivity contribution >= 4 is 0 Å². The number of nitrogens with one attached hydrogen (secondary N) is 1. The molecule has 2 rings (SSSR count). The summed E-state index contributed by atoms with van der Waals surface area (Å²) in [6.07, 6.45) is 6.12. The molecule has 2 aromatic rings. The van der Waals surface area contributed by atoms with Crippen molar-refractivity contribution in [1.82, 2.24) is 19.9 Å². The average Bonchev–Trinajstić information content (AvgIpc) is 2.78. The lowest BCUT2D eigenvalue weighted by Crippen LogP contribution is -2.27. The van der Waals surface area contributed by atoms with E-state index in [1.54, 1.807) is 18.5 Å². The predicted molar refractivity (Wildman–Crippen MR) is 67.5 cm³/mol. The fourth-order valence-electron chi connectivity index (χ4n) is 1.86. The number of aryl methyl sites for hydroxylation is 1. The van der Waals surface area contributed by atoms with Gasteiger partial charge in [0.05, 0.1) is 0 Å². The van der Waals surface area contributed by atoms with Crippen LogP contribution in [-0.2, 0) is 7.05 Å². The van der Waals surface area contributed by atoms with Crippen molar-refractivity contribution < 1.29 is 4.39 Å². The van der Waals surface area contributed by atoms with E-state index in [0.29, 0.717) is 5.69 Å². The zero-order valence-corrected chi connectivity index (χ0v) is 10.6. The molecular formula is C13H17FN4. The molecule has 4 nitrogen and oxygen atoms in total. The number of pyridine rings is 1. The Morgan fingerprint density at radius 2 is 2.22 bits per heavy atom. The lowest BCUT2D eigenvalue weighted by Gasteiger charge is -2.18. The van der Waals surface area contributed by atoms with Crippen molar-refractivity contribution in [1.29, 1.82) is 0 Å². The van der Waals surface area contributed by atoms with E-state index in [1.165, 1.54) is 6.07 Å². The third kappa shape index (κ3) is 2.56. The van der Waals surface area contributed by atoms with Crippen molar-refractivity contribution in [3.05, 3.63) is 48.1 Å². The number of nitrogens with zero attached hydrogens (tertiary/aromatic N) is 3. The highest BCUT2D eigenvalue weighted by Gasteiger charge is 2.21. The molecule has 1 N–H and O–H groups in total. The van der Waals surface area contributed by atoms with Gasteiger partial charge in [-0.15, -0.1) is 0 Å². The van der Waals surface area contributed by atoms with Crippen LogP contribution in [0.5, 0.6) is 0 Å². The molecule has 0 aliphatic heterocycles. The van der Waals surface area contributed by atoms with E-state index in [0.717, 1.165) is 18.8 Å². The fourth-order valence-corrected chi connectivity index (χ4v) is 1.86. The molecule has 1 unspecified atom stereocenters. The standard InChI is InChI=1S/C13H17FN4/c1-3-6-15-12(13-17-8-9-18(13)2)11-10(14)5-4-7-16-11/h4-5,7-9,12,15H,3,6H2,1-2H3. The van der Waals surface area contributed by atoms with Crippen molar-refractivity contribution in [3.63, 3.8) is 0 Å². The van der Waals surface area contributed by atoms with Crippen LogP contribution in [0.3, 0.4) is 0 Å². The number of halogens is 1. The Hall–Kier alpha value is -1.75. The lowest BCUT2D eigenvalue weighted by atomic mass is 10.1. The Morgan fingerprint density at radius 1 is 1.39 bits per heavy atom. The third-order valence-electron chi connectivity index (χ3n) is 2.78. The SMILES string of the molecule is CCCNC(c1ncccc1F)c1nccn1C. The maximum absolute atomic E-state index is 13.9. The number of aromatic nitrogens is 3. The van der Waals surface area contributed by atoms with Gasteiger partial charge in [-0.25, -0.2) is 9.37 Å². The first kappa shape index (κ1) is 12.7.